The molecule has 1 unspecified atom stereocenters. The van der Waals surface area contributed by atoms with Crippen LogP contribution in [0.25, 0.3) is 0 Å². The van der Waals surface area contributed by atoms with Crippen molar-refractivity contribution in [3.63, 3.8) is 0 Å². The minimum absolute atomic E-state index is 0.0125. The van der Waals surface area contributed by atoms with Gasteiger partial charge in [-0.3, -0.25) is 4.79 Å². The van der Waals surface area contributed by atoms with Crippen molar-refractivity contribution in [3.8, 4) is 0 Å². The van der Waals surface area contributed by atoms with Gasteiger partial charge in [0.05, 0.1) is 18.0 Å². The summed E-state index contributed by atoms with van der Waals surface area (Å²) in [4.78, 5) is 22.9. The Morgan fingerprint density at radius 3 is 2.00 bits per heavy atom. The number of carboxylic acids is 1. The fraction of sp³-hybridized carbons (Fsp3) is 0.176. The maximum absolute atomic E-state index is 12.8. The van der Waals surface area contributed by atoms with E-state index in [1.54, 1.807) is 18.2 Å². The van der Waals surface area contributed by atoms with Gasteiger partial charge in [-0.25, -0.2) is 4.79 Å². The smallest absolute Gasteiger partial charge is 0.391 e. The molecule has 1 atom stereocenters. The van der Waals surface area contributed by atoms with Gasteiger partial charge in [-0.15, -0.1) is 0 Å². The molecule has 0 saturated carbocycles. The van der Waals surface area contributed by atoms with E-state index in [-0.39, 0.29) is 11.1 Å². The zero-order chi connectivity index (χ0) is 17.7. The molecular weight excluding hydrogens is 323 g/mol. The molecule has 0 aliphatic rings. The molecule has 0 spiro atoms. The quantitative estimate of drug-likeness (QED) is 0.872. The van der Waals surface area contributed by atoms with Crippen molar-refractivity contribution in [2.45, 2.75) is 18.6 Å². The van der Waals surface area contributed by atoms with Gasteiger partial charge in [-0.1, -0.05) is 30.3 Å². The van der Waals surface area contributed by atoms with E-state index in [9.17, 15) is 22.8 Å². The van der Waals surface area contributed by atoms with Crippen molar-refractivity contribution < 1.29 is 27.9 Å². The van der Waals surface area contributed by atoms with Gasteiger partial charge in [-0.2, -0.15) is 13.2 Å². The third-order valence-corrected chi connectivity index (χ3v) is 3.34. The summed E-state index contributed by atoms with van der Waals surface area (Å²) in [6.07, 6.45) is -5.64. The number of carboxylic acid groups (broad SMARTS) is 1. The third-order valence-electron chi connectivity index (χ3n) is 3.34. The molecule has 0 bridgehead atoms. The van der Waals surface area contributed by atoms with Crippen molar-refractivity contribution in [1.29, 1.82) is 0 Å². The van der Waals surface area contributed by atoms with Gasteiger partial charge in [0.15, 0.2) is 0 Å². The van der Waals surface area contributed by atoms with Gasteiger partial charge in [0, 0.05) is 5.56 Å². The maximum atomic E-state index is 12.8. The number of aromatic carboxylic acids is 1. The number of nitrogens with one attached hydrogen (secondary N) is 1. The summed E-state index contributed by atoms with van der Waals surface area (Å²) >= 11 is 0. The molecule has 2 aromatic rings. The van der Waals surface area contributed by atoms with E-state index >= 15 is 0 Å². The van der Waals surface area contributed by atoms with Crippen molar-refractivity contribution in [2.24, 2.45) is 0 Å². The number of carbonyl (C=O) groups is 2. The second kappa shape index (κ2) is 7.16. The molecule has 7 heteroatoms. The molecule has 4 nitrogen and oxygen atoms in total. The normalized spacial score (nSPS) is 12.5. The summed E-state index contributed by atoms with van der Waals surface area (Å²) in [7, 11) is 0. The summed E-state index contributed by atoms with van der Waals surface area (Å²) in [5.41, 5.74) is 0.412. The van der Waals surface area contributed by atoms with E-state index in [1.165, 1.54) is 36.4 Å². The number of hydrogen-bond donors (Lipinski definition) is 2. The van der Waals surface area contributed by atoms with Crippen molar-refractivity contribution in [1.82, 2.24) is 5.32 Å². The minimum Gasteiger partial charge on any atom is -0.478 e. The van der Waals surface area contributed by atoms with Crippen LogP contribution in [-0.2, 0) is 0 Å². The average Bonchev–Trinajstić information content (AvgIpc) is 2.54. The molecule has 0 heterocycles. The first-order chi connectivity index (χ1) is 11.3. The molecule has 1 amide bonds. The molecule has 0 aliphatic carbocycles. The van der Waals surface area contributed by atoms with Crippen LogP contribution < -0.4 is 5.32 Å². The number of amides is 1. The molecule has 24 heavy (non-hydrogen) atoms. The number of halogens is 3. The highest BCUT2D eigenvalue weighted by atomic mass is 19.4. The van der Waals surface area contributed by atoms with Crippen molar-refractivity contribution in [2.75, 3.05) is 0 Å². The van der Waals surface area contributed by atoms with Gasteiger partial charge < -0.3 is 10.4 Å². The Bertz CT molecular complexity index is 712. The SMILES string of the molecule is O=C(O)c1ccc(C(=O)NC(CC(F)(F)F)c2ccccc2)cc1. The monoisotopic (exact) mass is 337 g/mol. The molecule has 0 aliphatic heterocycles. The van der Waals surface area contributed by atoms with Crippen LogP contribution >= 0.6 is 0 Å². The fourth-order valence-corrected chi connectivity index (χ4v) is 2.17. The number of rotatable bonds is 5. The lowest BCUT2D eigenvalue weighted by Gasteiger charge is -2.21. The highest BCUT2D eigenvalue weighted by Crippen LogP contribution is 2.29. The number of hydrogen-bond acceptors (Lipinski definition) is 2. The van der Waals surface area contributed by atoms with Crippen molar-refractivity contribution in [3.05, 3.63) is 71.3 Å². The molecule has 2 N–H and O–H groups in total. The summed E-state index contributed by atoms with van der Waals surface area (Å²) in [5.74, 6) is -1.86. The zero-order valence-electron chi connectivity index (χ0n) is 12.4. The molecule has 2 rings (SSSR count). The van der Waals surface area contributed by atoms with E-state index < -0.39 is 30.5 Å². The van der Waals surface area contributed by atoms with Gasteiger partial charge >= 0.3 is 12.1 Å². The van der Waals surface area contributed by atoms with E-state index in [1.807, 2.05) is 0 Å². The minimum atomic E-state index is -4.44. The summed E-state index contributed by atoms with van der Waals surface area (Å²) in [6.45, 7) is 0. The Hall–Kier alpha value is -2.83. The van der Waals surface area contributed by atoms with E-state index in [2.05, 4.69) is 5.32 Å². The lowest BCUT2D eigenvalue weighted by Crippen LogP contribution is -2.32. The van der Waals surface area contributed by atoms with Gasteiger partial charge in [0.25, 0.3) is 5.91 Å². The van der Waals surface area contributed by atoms with Gasteiger partial charge in [0.1, 0.15) is 0 Å². The lowest BCUT2D eigenvalue weighted by molar-refractivity contribution is -0.139. The van der Waals surface area contributed by atoms with Crippen LogP contribution in [0.15, 0.2) is 54.6 Å². The molecule has 0 saturated heterocycles. The predicted molar refractivity (Wildman–Crippen MR) is 80.7 cm³/mol. The Balaban J connectivity index is 2.19. The Morgan fingerprint density at radius 2 is 1.50 bits per heavy atom. The van der Waals surface area contributed by atoms with Crippen LogP contribution in [0.4, 0.5) is 13.2 Å². The molecular formula is C17H14F3NO3. The van der Waals surface area contributed by atoms with E-state index in [0.29, 0.717) is 5.56 Å². The van der Waals surface area contributed by atoms with Crippen LogP contribution in [0.2, 0.25) is 0 Å². The lowest BCUT2D eigenvalue weighted by atomic mass is 10.0. The van der Waals surface area contributed by atoms with Crippen LogP contribution in [-0.4, -0.2) is 23.2 Å². The van der Waals surface area contributed by atoms with E-state index in [0.717, 1.165) is 0 Å². The fourth-order valence-electron chi connectivity index (χ4n) is 2.17. The summed E-state index contributed by atoms with van der Waals surface area (Å²) < 4.78 is 38.3. The number of alkyl halides is 3. The Labute approximate surface area is 135 Å². The Kier molecular flexibility index (Phi) is 5.23. The van der Waals surface area contributed by atoms with Crippen LogP contribution in [0.3, 0.4) is 0 Å². The standard InChI is InChI=1S/C17H14F3NO3/c18-17(19,20)10-14(11-4-2-1-3-5-11)21-15(22)12-6-8-13(9-7-12)16(23)24/h1-9,14H,10H2,(H,21,22)(H,23,24). The summed E-state index contributed by atoms with van der Waals surface area (Å²) in [6, 6.07) is 11.6. The second-order valence-corrected chi connectivity index (χ2v) is 5.14. The largest absolute Gasteiger partial charge is 0.478 e. The maximum Gasteiger partial charge on any atom is 0.391 e. The van der Waals surface area contributed by atoms with Gasteiger partial charge in [-0.05, 0) is 29.8 Å². The second-order valence-electron chi connectivity index (χ2n) is 5.14. The first-order valence-corrected chi connectivity index (χ1v) is 7.02. The van der Waals surface area contributed by atoms with E-state index in [4.69, 9.17) is 5.11 Å². The van der Waals surface area contributed by atoms with Crippen molar-refractivity contribution >= 4 is 11.9 Å². The zero-order valence-corrected chi connectivity index (χ0v) is 12.4. The Morgan fingerprint density at radius 1 is 0.958 bits per heavy atom. The topological polar surface area (TPSA) is 66.4 Å². The van der Waals surface area contributed by atoms with Gasteiger partial charge in [0.2, 0.25) is 0 Å². The molecule has 0 radical (unpaired) electrons. The average molecular weight is 337 g/mol. The first kappa shape index (κ1) is 17.5. The molecule has 2 aromatic carbocycles. The summed E-state index contributed by atoms with van der Waals surface area (Å²) in [5, 5.41) is 11.2. The molecule has 0 aromatic heterocycles. The number of benzene rings is 2. The predicted octanol–water partition coefficient (Wildman–Crippen LogP) is 3.81. The van der Waals surface area contributed by atoms with Crippen LogP contribution in [0.1, 0.15) is 38.7 Å². The number of carbonyl (C=O) groups excluding carboxylic acids is 1. The van der Waals surface area contributed by atoms with Crippen LogP contribution in [0, 0.1) is 0 Å². The molecule has 0 fully saturated rings. The highest BCUT2D eigenvalue weighted by Gasteiger charge is 2.33. The third kappa shape index (κ3) is 4.84. The molecule has 126 valence electrons. The first-order valence-electron chi connectivity index (χ1n) is 7.02. The van der Waals surface area contributed by atoms with Crippen LogP contribution in [0.5, 0.6) is 0 Å². The highest BCUT2D eigenvalue weighted by molar-refractivity contribution is 5.96.